The molecule has 0 saturated carbocycles. The van der Waals surface area contributed by atoms with Gasteiger partial charge in [-0.15, -0.1) is 11.3 Å². The molecule has 15 heavy (non-hydrogen) atoms. The topological polar surface area (TPSA) is 25.2 Å². The maximum Gasteiger partial charge on any atom is 0.193 e. The number of rotatable bonds is 3. The van der Waals surface area contributed by atoms with Gasteiger partial charge >= 0.3 is 0 Å². The Kier molecular flexibility index (Phi) is 3.14. The van der Waals surface area contributed by atoms with E-state index in [0.29, 0.717) is 5.22 Å². The first kappa shape index (κ1) is 10.7. The monoisotopic (exact) mass is 241 g/mol. The summed E-state index contributed by atoms with van der Waals surface area (Å²) in [7, 11) is 1.91. The number of thiophene rings is 1. The third-order valence-corrected chi connectivity index (χ3v) is 3.48. The van der Waals surface area contributed by atoms with E-state index in [1.165, 1.54) is 9.75 Å². The standard InChI is InChI=1S/C11H12ClNOS/c1-7-3-5-9(15-7)11(13-2)8-4-6-10(12)14-8/h3-6,11,13H,1-2H3. The lowest BCUT2D eigenvalue weighted by Crippen LogP contribution is -2.15. The maximum absolute atomic E-state index is 5.76. The van der Waals surface area contributed by atoms with E-state index in [4.69, 9.17) is 16.0 Å². The molecule has 0 radical (unpaired) electrons. The van der Waals surface area contributed by atoms with Crippen molar-refractivity contribution in [2.24, 2.45) is 0 Å². The minimum absolute atomic E-state index is 0.0937. The van der Waals surface area contributed by atoms with E-state index in [2.05, 4.69) is 24.4 Å². The van der Waals surface area contributed by atoms with Crippen molar-refractivity contribution in [2.75, 3.05) is 7.05 Å². The summed E-state index contributed by atoms with van der Waals surface area (Å²) >= 11 is 7.52. The van der Waals surface area contributed by atoms with Crippen LogP contribution in [-0.4, -0.2) is 7.05 Å². The van der Waals surface area contributed by atoms with Gasteiger partial charge in [-0.2, -0.15) is 0 Å². The van der Waals surface area contributed by atoms with Crippen LogP contribution in [-0.2, 0) is 0 Å². The summed E-state index contributed by atoms with van der Waals surface area (Å²) in [4.78, 5) is 2.53. The molecule has 0 aliphatic heterocycles. The van der Waals surface area contributed by atoms with Crippen molar-refractivity contribution in [1.29, 1.82) is 0 Å². The van der Waals surface area contributed by atoms with Crippen LogP contribution >= 0.6 is 22.9 Å². The third kappa shape index (κ3) is 2.25. The zero-order chi connectivity index (χ0) is 10.8. The molecular weight excluding hydrogens is 230 g/mol. The van der Waals surface area contributed by atoms with Crippen LogP contribution in [0.4, 0.5) is 0 Å². The molecule has 2 aromatic heterocycles. The molecule has 0 amide bonds. The number of hydrogen-bond acceptors (Lipinski definition) is 3. The zero-order valence-corrected chi connectivity index (χ0v) is 10.2. The van der Waals surface area contributed by atoms with Crippen molar-refractivity contribution in [1.82, 2.24) is 5.32 Å². The fraction of sp³-hybridized carbons (Fsp3) is 0.273. The second-order valence-corrected chi connectivity index (χ2v) is 5.00. The van der Waals surface area contributed by atoms with E-state index in [1.54, 1.807) is 17.4 Å². The van der Waals surface area contributed by atoms with Crippen LogP contribution in [0.5, 0.6) is 0 Å². The molecule has 1 N–H and O–H groups in total. The molecule has 0 aromatic carbocycles. The van der Waals surface area contributed by atoms with Crippen LogP contribution < -0.4 is 5.32 Å². The molecule has 1 atom stereocenters. The van der Waals surface area contributed by atoms with Crippen LogP contribution in [0.25, 0.3) is 0 Å². The second-order valence-electron chi connectivity index (χ2n) is 3.31. The summed E-state index contributed by atoms with van der Waals surface area (Å²) in [5, 5.41) is 3.65. The summed E-state index contributed by atoms with van der Waals surface area (Å²) in [6, 6.07) is 7.98. The van der Waals surface area contributed by atoms with Crippen LogP contribution in [0.2, 0.25) is 5.22 Å². The molecule has 0 aliphatic carbocycles. The molecule has 80 valence electrons. The molecule has 0 aliphatic rings. The van der Waals surface area contributed by atoms with Crippen LogP contribution in [0.3, 0.4) is 0 Å². The van der Waals surface area contributed by atoms with Crippen molar-refractivity contribution in [3.63, 3.8) is 0 Å². The number of aryl methyl sites for hydroxylation is 1. The molecule has 1 unspecified atom stereocenters. The molecule has 2 nitrogen and oxygen atoms in total. The summed E-state index contributed by atoms with van der Waals surface area (Å²) < 4.78 is 5.41. The molecular formula is C11H12ClNOS. The molecule has 2 aromatic rings. The van der Waals surface area contributed by atoms with Gasteiger partial charge in [-0.3, -0.25) is 0 Å². The molecule has 0 fully saturated rings. The van der Waals surface area contributed by atoms with Crippen molar-refractivity contribution >= 4 is 22.9 Å². The van der Waals surface area contributed by atoms with Crippen molar-refractivity contribution in [3.05, 3.63) is 45.0 Å². The summed E-state index contributed by atoms with van der Waals surface area (Å²) in [5.74, 6) is 0.851. The second kappa shape index (κ2) is 4.39. The minimum Gasteiger partial charge on any atom is -0.448 e. The predicted molar refractivity (Wildman–Crippen MR) is 63.7 cm³/mol. The molecule has 0 bridgehead atoms. The van der Waals surface area contributed by atoms with Gasteiger partial charge in [0.15, 0.2) is 5.22 Å². The molecule has 2 heterocycles. The van der Waals surface area contributed by atoms with Crippen molar-refractivity contribution in [2.45, 2.75) is 13.0 Å². The van der Waals surface area contributed by atoms with Gasteiger partial charge in [0.05, 0.1) is 0 Å². The van der Waals surface area contributed by atoms with Crippen LogP contribution in [0.1, 0.15) is 21.6 Å². The Morgan fingerprint density at radius 2 is 2.13 bits per heavy atom. The zero-order valence-electron chi connectivity index (χ0n) is 8.58. The van der Waals surface area contributed by atoms with Gasteiger partial charge in [0.1, 0.15) is 11.8 Å². The Balaban J connectivity index is 2.32. The fourth-order valence-corrected chi connectivity index (χ4v) is 2.66. The minimum atomic E-state index is 0.0937. The lowest BCUT2D eigenvalue weighted by atomic mass is 10.2. The Morgan fingerprint density at radius 3 is 2.60 bits per heavy atom. The van der Waals surface area contributed by atoms with Gasteiger partial charge in [-0.05, 0) is 49.8 Å². The largest absolute Gasteiger partial charge is 0.448 e. The average molecular weight is 242 g/mol. The molecule has 2 rings (SSSR count). The third-order valence-electron chi connectivity index (χ3n) is 2.21. The highest BCUT2D eigenvalue weighted by atomic mass is 35.5. The molecule has 4 heteroatoms. The number of nitrogens with one attached hydrogen (secondary N) is 1. The normalized spacial score (nSPS) is 13.0. The van der Waals surface area contributed by atoms with Gasteiger partial charge in [0.2, 0.25) is 0 Å². The molecule has 0 spiro atoms. The van der Waals surface area contributed by atoms with Gasteiger partial charge in [-0.1, -0.05) is 0 Å². The predicted octanol–water partition coefficient (Wildman–Crippen LogP) is 3.61. The van der Waals surface area contributed by atoms with Crippen molar-refractivity contribution in [3.8, 4) is 0 Å². The SMILES string of the molecule is CNC(c1ccc(Cl)o1)c1ccc(C)s1. The van der Waals surface area contributed by atoms with E-state index < -0.39 is 0 Å². The van der Waals surface area contributed by atoms with E-state index in [-0.39, 0.29) is 6.04 Å². The number of hydrogen-bond donors (Lipinski definition) is 1. The lowest BCUT2D eigenvalue weighted by molar-refractivity contribution is 0.468. The first-order chi connectivity index (χ1) is 7.20. The van der Waals surface area contributed by atoms with Crippen LogP contribution in [0.15, 0.2) is 28.7 Å². The van der Waals surface area contributed by atoms with Gasteiger partial charge in [0.25, 0.3) is 0 Å². The molecule has 0 saturated heterocycles. The highest BCUT2D eigenvalue weighted by molar-refractivity contribution is 7.12. The van der Waals surface area contributed by atoms with Crippen molar-refractivity contribution < 1.29 is 4.42 Å². The number of furan rings is 1. The van der Waals surface area contributed by atoms with Gasteiger partial charge < -0.3 is 9.73 Å². The van der Waals surface area contributed by atoms with Gasteiger partial charge in [-0.25, -0.2) is 0 Å². The summed E-state index contributed by atoms with van der Waals surface area (Å²) in [6.45, 7) is 2.09. The highest BCUT2D eigenvalue weighted by Crippen LogP contribution is 2.29. The summed E-state index contributed by atoms with van der Waals surface area (Å²) in [5.41, 5.74) is 0. The average Bonchev–Trinajstić information content (AvgIpc) is 2.78. The summed E-state index contributed by atoms with van der Waals surface area (Å²) in [6.07, 6.45) is 0. The van der Waals surface area contributed by atoms with E-state index in [9.17, 15) is 0 Å². The first-order valence-electron chi connectivity index (χ1n) is 4.69. The lowest BCUT2D eigenvalue weighted by Gasteiger charge is -2.10. The maximum atomic E-state index is 5.76. The Morgan fingerprint density at radius 1 is 1.33 bits per heavy atom. The fourth-order valence-electron chi connectivity index (χ4n) is 1.52. The highest BCUT2D eigenvalue weighted by Gasteiger charge is 2.17. The quantitative estimate of drug-likeness (QED) is 0.888. The smallest absolute Gasteiger partial charge is 0.193 e. The first-order valence-corrected chi connectivity index (χ1v) is 5.89. The Labute approximate surface area is 97.9 Å². The van der Waals surface area contributed by atoms with Gasteiger partial charge in [0, 0.05) is 9.75 Å². The van der Waals surface area contributed by atoms with E-state index in [0.717, 1.165) is 5.76 Å². The Bertz CT molecular complexity index is 409. The number of halogens is 1. The Hall–Kier alpha value is -0.770. The van der Waals surface area contributed by atoms with E-state index >= 15 is 0 Å². The van der Waals surface area contributed by atoms with Crippen LogP contribution in [0, 0.1) is 6.92 Å². The van der Waals surface area contributed by atoms with E-state index in [1.807, 2.05) is 13.1 Å².